The summed E-state index contributed by atoms with van der Waals surface area (Å²) in [6, 6.07) is 2.99. The van der Waals surface area contributed by atoms with Crippen molar-refractivity contribution in [1.82, 2.24) is 5.32 Å². The van der Waals surface area contributed by atoms with Gasteiger partial charge in [0.15, 0.2) is 0 Å². The summed E-state index contributed by atoms with van der Waals surface area (Å²) in [6.45, 7) is 0.269. The van der Waals surface area contributed by atoms with Crippen LogP contribution < -0.4 is 10.6 Å². The number of rotatable bonds is 8. The Morgan fingerprint density at radius 1 is 0.889 bits per heavy atom. The van der Waals surface area contributed by atoms with Crippen molar-refractivity contribution in [2.75, 3.05) is 11.9 Å². The zero-order valence-corrected chi connectivity index (χ0v) is 19.2. The van der Waals surface area contributed by atoms with Gasteiger partial charge in [0.25, 0.3) is 0 Å². The van der Waals surface area contributed by atoms with Gasteiger partial charge >= 0.3 is 18.5 Å². The lowest BCUT2D eigenvalue weighted by molar-refractivity contribution is -0.261. The maximum Gasteiger partial charge on any atom is 0.423 e. The molecular formula is C22H20ClF9N2O2. The van der Waals surface area contributed by atoms with Crippen molar-refractivity contribution in [3.63, 3.8) is 0 Å². The highest BCUT2D eigenvalue weighted by atomic mass is 35.5. The van der Waals surface area contributed by atoms with Crippen LogP contribution in [0, 0.1) is 0 Å². The number of alkyl halides is 9. The Kier molecular flexibility index (Phi) is 8.83. The summed E-state index contributed by atoms with van der Waals surface area (Å²) >= 11 is 6.06. The SMILES string of the molecule is CCCC(=O)NCc1ccc(NC[C@](O)(c2cc(C(F)(F)F)cc(C(F)(F)F)c2)C(F)(F)F)cc1Cl. The molecule has 36 heavy (non-hydrogen) atoms. The van der Waals surface area contributed by atoms with Crippen LogP contribution in [-0.4, -0.2) is 23.7 Å². The molecule has 14 heteroatoms. The van der Waals surface area contributed by atoms with E-state index in [0.29, 0.717) is 12.0 Å². The second-order valence-corrected chi connectivity index (χ2v) is 8.25. The summed E-state index contributed by atoms with van der Waals surface area (Å²) in [5.74, 6) is -0.259. The molecule has 0 aliphatic carbocycles. The van der Waals surface area contributed by atoms with Crippen LogP contribution in [0.15, 0.2) is 36.4 Å². The maximum absolute atomic E-state index is 13.8. The van der Waals surface area contributed by atoms with Crippen LogP contribution in [0.4, 0.5) is 45.2 Å². The second-order valence-electron chi connectivity index (χ2n) is 7.84. The van der Waals surface area contributed by atoms with E-state index in [4.69, 9.17) is 11.6 Å². The lowest BCUT2D eigenvalue weighted by Gasteiger charge is -2.32. The monoisotopic (exact) mass is 550 g/mol. The maximum atomic E-state index is 13.8. The van der Waals surface area contributed by atoms with Crippen LogP contribution in [0.3, 0.4) is 0 Å². The first-order valence-corrected chi connectivity index (χ1v) is 10.6. The number of hydrogen-bond donors (Lipinski definition) is 3. The molecule has 1 amide bonds. The minimum atomic E-state index is -5.67. The second kappa shape index (κ2) is 10.8. The van der Waals surface area contributed by atoms with Gasteiger partial charge in [-0.25, -0.2) is 0 Å². The van der Waals surface area contributed by atoms with Crippen molar-refractivity contribution in [2.45, 2.75) is 50.4 Å². The third-order valence-corrected chi connectivity index (χ3v) is 5.44. The zero-order valence-electron chi connectivity index (χ0n) is 18.4. The molecular weight excluding hydrogens is 531 g/mol. The molecule has 0 heterocycles. The summed E-state index contributed by atoms with van der Waals surface area (Å²) in [6.07, 6.45) is -15.6. The Bertz CT molecular complexity index is 1050. The molecule has 0 saturated carbocycles. The van der Waals surface area contributed by atoms with E-state index < -0.39 is 47.4 Å². The first kappa shape index (κ1) is 29.6. The van der Waals surface area contributed by atoms with Gasteiger partial charge in [0, 0.05) is 23.7 Å². The zero-order chi connectivity index (χ0) is 27.5. The molecule has 0 radical (unpaired) electrons. The number of hydrogen-bond acceptors (Lipinski definition) is 3. The number of carbonyl (C=O) groups excluding carboxylic acids is 1. The van der Waals surface area contributed by atoms with Gasteiger partial charge in [-0.15, -0.1) is 0 Å². The molecule has 0 unspecified atom stereocenters. The largest absolute Gasteiger partial charge is 0.423 e. The summed E-state index contributed by atoms with van der Waals surface area (Å²) in [7, 11) is 0. The topological polar surface area (TPSA) is 61.4 Å². The van der Waals surface area contributed by atoms with Gasteiger partial charge in [-0.1, -0.05) is 24.6 Å². The highest BCUT2D eigenvalue weighted by Gasteiger charge is 2.56. The Balaban J connectivity index is 2.39. The molecule has 2 aromatic carbocycles. The third kappa shape index (κ3) is 7.19. The van der Waals surface area contributed by atoms with E-state index in [9.17, 15) is 49.4 Å². The summed E-state index contributed by atoms with van der Waals surface area (Å²) < 4.78 is 120. The number of amides is 1. The van der Waals surface area contributed by atoms with E-state index in [0.717, 1.165) is 6.07 Å². The Labute approximate surface area is 204 Å². The first-order valence-electron chi connectivity index (χ1n) is 10.3. The van der Waals surface area contributed by atoms with E-state index in [1.807, 2.05) is 0 Å². The number of aliphatic hydroxyl groups is 1. The summed E-state index contributed by atoms with van der Waals surface area (Å²) in [5, 5.41) is 15.1. The van der Waals surface area contributed by atoms with Crippen LogP contribution in [0.25, 0.3) is 0 Å². The van der Waals surface area contributed by atoms with Crippen molar-refractivity contribution in [3.8, 4) is 0 Å². The molecule has 0 aliphatic rings. The van der Waals surface area contributed by atoms with E-state index in [2.05, 4.69) is 10.6 Å². The van der Waals surface area contributed by atoms with Crippen molar-refractivity contribution < 1.29 is 49.4 Å². The van der Waals surface area contributed by atoms with Crippen molar-refractivity contribution in [1.29, 1.82) is 0 Å². The Morgan fingerprint density at radius 2 is 1.42 bits per heavy atom. The molecule has 2 aromatic rings. The van der Waals surface area contributed by atoms with Crippen LogP contribution in [0.5, 0.6) is 0 Å². The predicted molar refractivity (Wildman–Crippen MR) is 113 cm³/mol. The number of anilines is 1. The van der Waals surface area contributed by atoms with E-state index in [-0.39, 0.29) is 47.8 Å². The molecule has 3 N–H and O–H groups in total. The summed E-state index contributed by atoms with van der Waals surface area (Å²) in [4.78, 5) is 11.6. The fourth-order valence-electron chi connectivity index (χ4n) is 3.10. The van der Waals surface area contributed by atoms with Crippen LogP contribution in [0.1, 0.15) is 42.0 Å². The average Bonchev–Trinajstić information content (AvgIpc) is 2.74. The first-order chi connectivity index (χ1) is 16.4. The van der Waals surface area contributed by atoms with Crippen LogP contribution in [-0.2, 0) is 29.3 Å². The minimum Gasteiger partial charge on any atom is -0.381 e. The van der Waals surface area contributed by atoms with Gasteiger partial charge in [-0.2, -0.15) is 39.5 Å². The number of nitrogens with one attached hydrogen (secondary N) is 2. The van der Waals surface area contributed by atoms with Crippen molar-refractivity contribution >= 4 is 23.2 Å². The molecule has 2 rings (SSSR count). The van der Waals surface area contributed by atoms with Gasteiger partial charge in [0.1, 0.15) is 0 Å². The quantitative estimate of drug-likeness (QED) is 0.322. The lowest BCUT2D eigenvalue weighted by atomic mass is 9.89. The molecule has 0 saturated heterocycles. The number of benzene rings is 2. The molecule has 1 atom stereocenters. The van der Waals surface area contributed by atoms with Gasteiger partial charge in [0.05, 0.1) is 17.7 Å². The van der Waals surface area contributed by atoms with Gasteiger partial charge in [-0.05, 0) is 47.9 Å². The van der Waals surface area contributed by atoms with Crippen molar-refractivity contribution in [3.05, 3.63) is 63.7 Å². The summed E-state index contributed by atoms with van der Waals surface area (Å²) in [5.41, 5.74) is -9.51. The molecule has 0 aromatic heterocycles. The smallest absolute Gasteiger partial charge is 0.381 e. The van der Waals surface area contributed by atoms with E-state index in [1.54, 1.807) is 6.92 Å². The highest BCUT2D eigenvalue weighted by molar-refractivity contribution is 6.31. The fraction of sp³-hybridized carbons (Fsp3) is 0.409. The van der Waals surface area contributed by atoms with Crippen LogP contribution >= 0.6 is 11.6 Å². The number of halogens is 10. The van der Waals surface area contributed by atoms with Gasteiger partial charge < -0.3 is 15.7 Å². The van der Waals surface area contributed by atoms with E-state index in [1.165, 1.54) is 12.1 Å². The predicted octanol–water partition coefficient (Wildman–Crippen LogP) is 6.66. The van der Waals surface area contributed by atoms with E-state index >= 15 is 0 Å². The molecule has 0 aliphatic heterocycles. The molecule has 0 spiro atoms. The molecule has 4 nitrogen and oxygen atoms in total. The van der Waals surface area contributed by atoms with Crippen molar-refractivity contribution in [2.24, 2.45) is 0 Å². The van der Waals surface area contributed by atoms with Crippen LogP contribution in [0.2, 0.25) is 5.02 Å². The minimum absolute atomic E-state index is 0.00535. The lowest BCUT2D eigenvalue weighted by Crippen LogP contribution is -2.48. The normalized spacial score (nSPS) is 14.3. The fourth-order valence-corrected chi connectivity index (χ4v) is 3.35. The van der Waals surface area contributed by atoms with Gasteiger partial charge in [0.2, 0.25) is 11.5 Å². The molecule has 0 bridgehead atoms. The molecule has 200 valence electrons. The Hall–Kier alpha value is -2.67. The molecule has 0 fully saturated rings. The standard InChI is InChI=1S/C22H20ClF9N2O2/c1-2-3-18(35)33-10-12-4-5-16(9-17(12)23)34-11-19(36,22(30,31)32)13-6-14(20(24,25)26)8-15(7-13)21(27,28)29/h4-9,34,36H,2-3,10-11H2,1H3,(H,33,35)/t19-/m0/s1. The van der Waals surface area contributed by atoms with Gasteiger partial charge in [-0.3, -0.25) is 4.79 Å². The highest BCUT2D eigenvalue weighted by Crippen LogP contribution is 2.44. The number of carbonyl (C=O) groups is 1. The Morgan fingerprint density at radius 3 is 1.86 bits per heavy atom. The average molecular weight is 551 g/mol. The third-order valence-electron chi connectivity index (χ3n) is 5.09.